The molecule has 0 saturated carbocycles. The normalized spacial score (nSPS) is 15.4. The number of hydrogen-bond acceptors (Lipinski definition) is 6. The summed E-state index contributed by atoms with van der Waals surface area (Å²) < 4.78 is 0. The number of benzene rings is 1. The Morgan fingerprint density at radius 3 is 2.62 bits per heavy atom. The van der Waals surface area contributed by atoms with Gasteiger partial charge in [0.25, 0.3) is 0 Å². The third-order valence-electron chi connectivity index (χ3n) is 6.16. The fraction of sp³-hybridized carbons (Fsp3) is 0.308. The van der Waals surface area contributed by atoms with E-state index in [1.165, 1.54) is 30.4 Å². The lowest BCUT2D eigenvalue weighted by atomic mass is 9.94. The smallest absolute Gasteiger partial charge is 0.165 e. The van der Waals surface area contributed by atoms with E-state index in [0.717, 1.165) is 44.9 Å². The standard InChI is InChI=1S/C26H26ClN5OS/c1-17(33)13-21-14-19(9-10-28-21)23-15-22(25(34-23)26-29-16-30-31-26)24(32-11-3-2-4-12-32)18-5-7-20(27)8-6-18/h5-10,14-16,24H,2-4,11-13H2,1H3,(H,29,30,31). The van der Waals surface area contributed by atoms with Crippen molar-refractivity contribution >= 4 is 28.7 Å². The van der Waals surface area contributed by atoms with E-state index in [4.69, 9.17) is 11.6 Å². The zero-order valence-corrected chi connectivity index (χ0v) is 20.6. The Hall–Kier alpha value is -2.87. The highest BCUT2D eigenvalue weighted by atomic mass is 35.5. The molecule has 1 fully saturated rings. The summed E-state index contributed by atoms with van der Waals surface area (Å²) in [7, 11) is 0. The number of aromatic amines is 1. The number of nitrogens with one attached hydrogen (secondary N) is 1. The molecule has 8 heteroatoms. The van der Waals surface area contributed by atoms with E-state index in [1.807, 2.05) is 24.3 Å². The second kappa shape index (κ2) is 10.2. The summed E-state index contributed by atoms with van der Waals surface area (Å²) in [6, 6.07) is 14.5. The van der Waals surface area contributed by atoms with E-state index in [0.29, 0.717) is 6.42 Å². The lowest BCUT2D eigenvalue weighted by molar-refractivity contribution is -0.116. The van der Waals surface area contributed by atoms with Gasteiger partial charge in [0.05, 0.1) is 10.9 Å². The molecule has 0 aliphatic carbocycles. The van der Waals surface area contributed by atoms with Crippen molar-refractivity contribution < 1.29 is 4.79 Å². The first-order valence-electron chi connectivity index (χ1n) is 11.5. The van der Waals surface area contributed by atoms with Crippen LogP contribution < -0.4 is 0 Å². The summed E-state index contributed by atoms with van der Waals surface area (Å²) in [6.07, 6.45) is 7.32. The molecule has 1 aromatic carbocycles. The Morgan fingerprint density at radius 2 is 1.91 bits per heavy atom. The summed E-state index contributed by atoms with van der Waals surface area (Å²) in [5.74, 6) is 0.868. The number of aromatic nitrogens is 4. The Bertz CT molecular complexity index is 1260. The Labute approximate surface area is 208 Å². The van der Waals surface area contributed by atoms with Crippen LogP contribution in [-0.2, 0) is 11.2 Å². The van der Waals surface area contributed by atoms with Gasteiger partial charge in [0.2, 0.25) is 0 Å². The number of H-pyrrole nitrogens is 1. The van der Waals surface area contributed by atoms with Crippen molar-refractivity contribution in [1.29, 1.82) is 0 Å². The molecular formula is C26H26ClN5OS. The van der Waals surface area contributed by atoms with E-state index in [-0.39, 0.29) is 11.8 Å². The van der Waals surface area contributed by atoms with E-state index < -0.39 is 0 Å². The van der Waals surface area contributed by atoms with Gasteiger partial charge in [-0.25, -0.2) is 4.98 Å². The van der Waals surface area contributed by atoms with Crippen LogP contribution in [0.3, 0.4) is 0 Å². The van der Waals surface area contributed by atoms with Gasteiger partial charge in [-0.05, 0) is 79.9 Å². The highest BCUT2D eigenvalue weighted by Gasteiger charge is 2.29. The van der Waals surface area contributed by atoms with Crippen molar-refractivity contribution in [2.45, 2.75) is 38.6 Å². The van der Waals surface area contributed by atoms with Gasteiger partial charge in [-0.15, -0.1) is 11.3 Å². The molecule has 0 amide bonds. The minimum Gasteiger partial charge on any atom is -0.300 e. The first kappa shape index (κ1) is 22.9. The number of likely N-dealkylation sites (tertiary alicyclic amines) is 1. The number of thiophene rings is 1. The molecule has 4 heterocycles. The predicted octanol–water partition coefficient (Wildman–Crippen LogP) is 5.96. The van der Waals surface area contributed by atoms with Gasteiger partial charge < -0.3 is 0 Å². The number of halogens is 1. The van der Waals surface area contributed by atoms with Gasteiger partial charge in [0.1, 0.15) is 12.1 Å². The summed E-state index contributed by atoms with van der Waals surface area (Å²) in [6.45, 7) is 3.69. The molecule has 5 rings (SSSR count). The number of piperidine rings is 1. The molecule has 34 heavy (non-hydrogen) atoms. The molecule has 1 saturated heterocycles. The second-order valence-electron chi connectivity index (χ2n) is 8.69. The molecule has 0 spiro atoms. The van der Waals surface area contributed by atoms with Crippen molar-refractivity contribution in [2.75, 3.05) is 13.1 Å². The maximum atomic E-state index is 11.6. The van der Waals surface area contributed by atoms with Gasteiger partial charge in [-0.2, -0.15) is 5.10 Å². The zero-order valence-electron chi connectivity index (χ0n) is 19.0. The minimum atomic E-state index is 0.0844. The fourth-order valence-corrected chi connectivity index (χ4v) is 5.90. The van der Waals surface area contributed by atoms with Crippen LogP contribution in [0.25, 0.3) is 21.1 Å². The van der Waals surface area contributed by atoms with Crippen LogP contribution in [0.2, 0.25) is 5.02 Å². The van der Waals surface area contributed by atoms with Gasteiger partial charge >= 0.3 is 0 Å². The van der Waals surface area contributed by atoms with Crippen LogP contribution in [0.15, 0.2) is 55.0 Å². The van der Waals surface area contributed by atoms with Crippen molar-refractivity contribution in [3.63, 3.8) is 0 Å². The van der Waals surface area contributed by atoms with E-state index in [2.05, 4.69) is 43.3 Å². The summed E-state index contributed by atoms with van der Waals surface area (Å²) in [5, 5.41) is 7.92. The third-order valence-corrected chi connectivity index (χ3v) is 7.62. The molecule has 4 aromatic rings. The van der Waals surface area contributed by atoms with Crippen LogP contribution in [-0.4, -0.2) is 43.9 Å². The van der Waals surface area contributed by atoms with Crippen LogP contribution in [0.1, 0.15) is 49.0 Å². The highest BCUT2D eigenvalue weighted by molar-refractivity contribution is 7.19. The van der Waals surface area contributed by atoms with Gasteiger partial charge in [-0.3, -0.25) is 19.8 Å². The SMILES string of the molecule is CC(=O)Cc1cc(-c2cc(C(c3ccc(Cl)cc3)N3CCCCC3)c(-c3ncn[nH]3)s2)ccn1. The molecule has 1 aliphatic heterocycles. The monoisotopic (exact) mass is 491 g/mol. The maximum Gasteiger partial charge on any atom is 0.165 e. The molecule has 174 valence electrons. The van der Waals surface area contributed by atoms with Gasteiger partial charge in [0.15, 0.2) is 5.82 Å². The fourth-order valence-electron chi connectivity index (χ4n) is 4.64. The van der Waals surface area contributed by atoms with Crippen molar-refractivity contribution in [3.8, 4) is 21.1 Å². The molecule has 1 atom stereocenters. The van der Waals surface area contributed by atoms with Crippen LogP contribution in [0, 0.1) is 0 Å². The second-order valence-corrected chi connectivity index (χ2v) is 10.2. The molecule has 1 unspecified atom stereocenters. The van der Waals surface area contributed by atoms with Crippen LogP contribution in [0.4, 0.5) is 0 Å². The molecule has 6 nitrogen and oxygen atoms in total. The summed E-state index contributed by atoms with van der Waals surface area (Å²) in [4.78, 5) is 25.3. The van der Waals surface area contributed by atoms with Crippen molar-refractivity contribution in [2.24, 2.45) is 0 Å². The number of ketones is 1. The quantitative estimate of drug-likeness (QED) is 0.345. The van der Waals surface area contributed by atoms with E-state index in [9.17, 15) is 4.79 Å². The summed E-state index contributed by atoms with van der Waals surface area (Å²) >= 11 is 7.92. The average Bonchev–Trinajstić information content (AvgIpc) is 3.51. The molecule has 3 aromatic heterocycles. The van der Waals surface area contributed by atoms with Crippen molar-refractivity contribution in [3.05, 3.63) is 76.8 Å². The number of hydrogen-bond donors (Lipinski definition) is 1. The topological polar surface area (TPSA) is 74.8 Å². The number of pyridine rings is 1. The number of carbonyl (C=O) groups excluding carboxylic acids is 1. The number of Topliss-reactive ketones (excluding diaryl/α,β-unsaturated/α-hetero) is 1. The largest absolute Gasteiger partial charge is 0.300 e. The minimum absolute atomic E-state index is 0.0844. The Kier molecular flexibility index (Phi) is 6.85. The van der Waals surface area contributed by atoms with E-state index in [1.54, 1.807) is 30.8 Å². The maximum absolute atomic E-state index is 11.6. The molecule has 0 radical (unpaired) electrons. The van der Waals surface area contributed by atoms with Gasteiger partial charge in [0, 0.05) is 28.2 Å². The predicted molar refractivity (Wildman–Crippen MR) is 136 cm³/mol. The molecule has 0 bridgehead atoms. The van der Waals surface area contributed by atoms with Crippen molar-refractivity contribution in [1.82, 2.24) is 25.1 Å². The highest BCUT2D eigenvalue weighted by Crippen LogP contribution is 2.44. The Morgan fingerprint density at radius 1 is 1.12 bits per heavy atom. The summed E-state index contributed by atoms with van der Waals surface area (Å²) in [5.41, 5.74) is 4.25. The molecule has 1 aliphatic rings. The lowest BCUT2D eigenvalue weighted by Gasteiger charge is -2.35. The molecular weight excluding hydrogens is 466 g/mol. The average molecular weight is 492 g/mol. The van der Waals surface area contributed by atoms with E-state index >= 15 is 0 Å². The first-order chi connectivity index (χ1) is 16.6. The third kappa shape index (κ3) is 4.97. The molecule has 1 N–H and O–H groups in total. The Balaban J connectivity index is 1.64. The number of nitrogens with zero attached hydrogens (tertiary/aromatic N) is 4. The first-order valence-corrected chi connectivity index (χ1v) is 12.7. The van der Waals surface area contributed by atoms with Crippen LogP contribution >= 0.6 is 22.9 Å². The van der Waals surface area contributed by atoms with Crippen LogP contribution in [0.5, 0.6) is 0 Å². The number of rotatable bonds is 7. The lowest BCUT2D eigenvalue weighted by Crippen LogP contribution is -2.34. The zero-order chi connectivity index (χ0) is 23.5. The number of carbonyl (C=O) groups is 1. The van der Waals surface area contributed by atoms with Gasteiger partial charge in [-0.1, -0.05) is 30.2 Å².